The van der Waals surface area contributed by atoms with E-state index < -0.39 is 0 Å². The van der Waals surface area contributed by atoms with Gasteiger partial charge in [0.25, 0.3) is 0 Å². The fraction of sp³-hybridized carbons (Fsp3) is 0.357. The lowest BCUT2D eigenvalue weighted by molar-refractivity contribution is -0.116. The van der Waals surface area contributed by atoms with Crippen molar-refractivity contribution in [2.75, 3.05) is 11.9 Å². The summed E-state index contributed by atoms with van der Waals surface area (Å²) in [6, 6.07) is 1.92. The molecule has 0 saturated carbocycles. The Bertz CT molecular complexity index is 693. The molecule has 6 nitrogen and oxygen atoms in total. The lowest BCUT2D eigenvalue weighted by Crippen LogP contribution is -2.20. The number of aliphatic hydroxyl groups is 1. The average Bonchev–Trinajstić information content (AvgIpc) is 2.97. The van der Waals surface area contributed by atoms with Crippen LogP contribution in [0.3, 0.4) is 0 Å². The van der Waals surface area contributed by atoms with Gasteiger partial charge in [0.05, 0.1) is 23.4 Å². The first kappa shape index (κ1) is 15.2. The molecule has 0 bridgehead atoms. The molecular weight excluding hydrogens is 288 g/mol. The normalized spacial score (nSPS) is 10.0. The highest BCUT2D eigenvalue weighted by Crippen LogP contribution is 2.17. The van der Waals surface area contributed by atoms with Crippen molar-refractivity contribution in [1.29, 1.82) is 0 Å². The molecule has 0 aliphatic rings. The summed E-state index contributed by atoms with van der Waals surface area (Å²) in [6.07, 6.45) is 2.03. The monoisotopic (exact) mass is 304 g/mol. The van der Waals surface area contributed by atoms with E-state index in [1.807, 2.05) is 19.9 Å². The lowest BCUT2D eigenvalue weighted by atomic mass is 10.4. The minimum Gasteiger partial charge on any atom is -0.395 e. The van der Waals surface area contributed by atoms with Crippen LogP contribution in [0.25, 0.3) is 0 Å². The van der Waals surface area contributed by atoms with Gasteiger partial charge in [0.1, 0.15) is 6.54 Å². The Hall–Kier alpha value is -2.17. The first-order chi connectivity index (χ1) is 10.1. The second-order valence-corrected chi connectivity index (χ2v) is 5.47. The van der Waals surface area contributed by atoms with E-state index in [9.17, 15) is 4.79 Å². The Labute approximate surface area is 126 Å². The molecule has 1 amide bonds. The van der Waals surface area contributed by atoms with Gasteiger partial charge in [-0.05, 0) is 19.9 Å². The number of nitrogens with one attached hydrogen (secondary N) is 1. The average molecular weight is 304 g/mol. The highest BCUT2D eigenvalue weighted by molar-refractivity contribution is 7.16. The summed E-state index contributed by atoms with van der Waals surface area (Å²) in [5.74, 6) is 5.51. The van der Waals surface area contributed by atoms with Crippen LogP contribution in [0, 0.1) is 25.7 Å². The molecule has 2 aromatic heterocycles. The Kier molecular flexibility index (Phi) is 5.09. The number of carbonyl (C=O) groups is 1. The number of aromatic nitrogens is 3. The third-order valence-electron chi connectivity index (χ3n) is 2.60. The van der Waals surface area contributed by atoms with Gasteiger partial charge in [0, 0.05) is 12.1 Å². The summed E-state index contributed by atoms with van der Waals surface area (Å²) < 4.78 is 1.65. The highest BCUT2D eigenvalue weighted by atomic mass is 32.1. The van der Waals surface area contributed by atoms with E-state index in [0.717, 1.165) is 16.3 Å². The number of anilines is 1. The molecule has 0 saturated heterocycles. The first-order valence-electron chi connectivity index (χ1n) is 6.45. The lowest BCUT2D eigenvalue weighted by Gasteiger charge is -2.03. The van der Waals surface area contributed by atoms with Gasteiger partial charge in [0.15, 0.2) is 5.13 Å². The summed E-state index contributed by atoms with van der Waals surface area (Å²) in [6.45, 7) is 3.99. The van der Waals surface area contributed by atoms with E-state index in [0.29, 0.717) is 11.6 Å². The van der Waals surface area contributed by atoms with E-state index >= 15 is 0 Å². The fourth-order valence-corrected chi connectivity index (χ4v) is 2.43. The maximum absolute atomic E-state index is 11.9. The van der Waals surface area contributed by atoms with E-state index in [1.54, 1.807) is 10.9 Å². The molecule has 0 spiro atoms. The van der Waals surface area contributed by atoms with Crippen LogP contribution >= 0.6 is 11.3 Å². The van der Waals surface area contributed by atoms with E-state index in [-0.39, 0.29) is 19.1 Å². The zero-order valence-corrected chi connectivity index (χ0v) is 12.7. The molecule has 0 aliphatic heterocycles. The van der Waals surface area contributed by atoms with Crippen molar-refractivity contribution < 1.29 is 9.90 Å². The van der Waals surface area contributed by atoms with Gasteiger partial charge in [-0.1, -0.05) is 23.2 Å². The number of hydrogen-bond acceptors (Lipinski definition) is 5. The van der Waals surface area contributed by atoms with Crippen molar-refractivity contribution >= 4 is 22.4 Å². The predicted molar refractivity (Wildman–Crippen MR) is 81.0 cm³/mol. The molecule has 0 aromatic carbocycles. The van der Waals surface area contributed by atoms with Crippen LogP contribution in [0.5, 0.6) is 0 Å². The van der Waals surface area contributed by atoms with Crippen LogP contribution in [0.2, 0.25) is 0 Å². The third kappa shape index (κ3) is 4.41. The van der Waals surface area contributed by atoms with Crippen LogP contribution in [0.4, 0.5) is 5.13 Å². The van der Waals surface area contributed by atoms with Gasteiger partial charge >= 0.3 is 0 Å². The number of aliphatic hydroxyl groups excluding tert-OH is 1. The van der Waals surface area contributed by atoms with Crippen molar-refractivity contribution in [2.45, 2.75) is 26.8 Å². The Morgan fingerprint density at radius 2 is 2.33 bits per heavy atom. The summed E-state index contributed by atoms with van der Waals surface area (Å²) in [5, 5.41) is 16.1. The van der Waals surface area contributed by atoms with E-state index in [1.165, 1.54) is 11.3 Å². The quantitative estimate of drug-likeness (QED) is 0.835. The zero-order valence-electron chi connectivity index (χ0n) is 11.9. The molecule has 110 valence electrons. The van der Waals surface area contributed by atoms with Crippen molar-refractivity contribution in [3.05, 3.63) is 28.5 Å². The number of amides is 1. The van der Waals surface area contributed by atoms with Crippen LogP contribution in [-0.4, -0.2) is 32.4 Å². The molecule has 2 N–H and O–H groups in total. The van der Waals surface area contributed by atoms with Gasteiger partial charge < -0.3 is 10.4 Å². The Balaban J connectivity index is 1.94. The van der Waals surface area contributed by atoms with Crippen LogP contribution in [0.1, 0.15) is 22.7 Å². The minimum atomic E-state index is -0.176. The van der Waals surface area contributed by atoms with Crippen LogP contribution in [-0.2, 0) is 11.3 Å². The minimum absolute atomic E-state index is 0.0397. The summed E-state index contributed by atoms with van der Waals surface area (Å²) in [5.41, 5.74) is 1.83. The molecule has 0 aliphatic carbocycles. The number of hydrogen-bond donors (Lipinski definition) is 2. The molecule has 0 radical (unpaired) electrons. The van der Waals surface area contributed by atoms with Crippen molar-refractivity contribution in [3.8, 4) is 11.8 Å². The predicted octanol–water partition coefficient (Wildman–Crippen LogP) is 1.33. The Morgan fingerprint density at radius 1 is 1.52 bits per heavy atom. The van der Waals surface area contributed by atoms with Crippen LogP contribution in [0.15, 0.2) is 12.3 Å². The molecule has 2 heterocycles. The summed E-state index contributed by atoms with van der Waals surface area (Å²) in [7, 11) is 0. The molecular formula is C14H16N4O2S. The topological polar surface area (TPSA) is 80.0 Å². The maximum Gasteiger partial charge on any atom is 0.247 e. The molecule has 2 aromatic rings. The van der Waals surface area contributed by atoms with E-state index in [2.05, 4.69) is 27.2 Å². The molecule has 2 rings (SSSR count). The van der Waals surface area contributed by atoms with Crippen molar-refractivity contribution in [2.24, 2.45) is 0 Å². The van der Waals surface area contributed by atoms with Crippen molar-refractivity contribution in [3.63, 3.8) is 0 Å². The molecule has 0 atom stereocenters. The fourth-order valence-electron chi connectivity index (χ4n) is 1.73. The van der Waals surface area contributed by atoms with Gasteiger partial charge in [0.2, 0.25) is 5.91 Å². The van der Waals surface area contributed by atoms with Gasteiger partial charge in [-0.15, -0.1) is 0 Å². The smallest absolute Gasteiger partial charge is 0.247 e. The first-order valence-corrected chi connectivity index (χ1v) is 7.26. The van der Waals surface area contributed by atoms with Crippen LogP contribution < -0.4 is 5.32 Å². The summed E-state index contributed by atoms with van der Waals surface area (Å²) in [4.78, 5) is 16.8. The third-order valence-corrected chi connectivity index (χ3v) is 3.43. The molecule has 0 fully saturated rings. The van der Waals surface area contributed by atoms with E-state index in [4.69, 9.17) is 5.11 Å². The van der Waals surface area contributed by atoms with Gasteiger partial charge in [-0.25, -0.2) is 4.98 Å². The number of thiazole rings is 1. The number of carbonyl (C=O) groups excluding carboxylic acids is 1. The standard InChI is InChI=1S/C14H16N4O2S/c1-10-7-11(2)18(17-10)9-13(20)16-14-15-8-12(21-14)5-3-4-6-19/h7-8,19H,4,6,9H2,1-2H3,(H,15,16,20). The SMILES string of the molecule is Cc1cc(C)n(CC(=O)Nc2ncc(C#CCCO)s2)n1. The van der Waals surface area contributed by atoms with Gasteiger partial charge in [-0.3, -0.25) is 9.48 Å². The maximum atomic E-state index is 11.9. The van der Waals surface area contributed by atoms with Gasteiger partial charge in [-0.2, -0.15) is 5.10 Å². The number of nitrogens with zero attached hydrogens (tertiary/aromatic N) is 3. The zero-order chi connectivity index (χ0) is 15.2. The van der Waals surface area contributed by atoms with Crippen molar-refractivity contribution in [1.82, 2.24) is 14.8 Å². The molecule has 0 unspecified atom stereocenters. The largest absolute Gasteiger partial charge is 0.395 e. The molecule has 7 heteroatoms. The highest BCUT2D eigenvalue weighted by Gasteiger charge is 2.09. The Morgan fingerprint density at radius 3 is 3.00 bits per heavy atom. The number of aryl methyl sites for hydroxylation is 2. The summed E-state index contributed by atoms with van der Waals surface area (Å²) >= 11 is 1.30. The molecule has 21 heavy (non-hydrogen) atoms. The number of rotatable bonds is 4. The second-order valence-electron chi connectivity index (χ2n) is 4.44. The second kappa shape index (κ2) is 7.02.